The molecule has 0 aromatic heterocycles. The van der Waals surface area contributed by atoms with E-state index in [1.165, 1.54) is 0 Å². The summed E-state index contributed by atoms with van der Waals surface area (Å²) in [5.41, 5.74) is 9.09. The van der Waals surface area contributed by atoms with E-state index >= 15 is 0 Å². The van der Waals surface area contributed by atoms with E-state index in [0.717, 1.165) is 26.1 Å². The van der Waals surface area contributed by atoms with Crippen LogP contribution in [0.2, 0.25) is 0 Å². The third-order valence-electron chi connectivity index (χ3n) is 5.20. The van der Waals surface area contributed by atoms with Crippen molar-refractivity contribution >= 4 is 77.5 Å². The van der Waals surface area contributed by atoms with Crippen molar-refractivity contribution in [2.45, 2.75) is 21.6 Å². The van der Waals surface area contributed by atoms with Gasteiger partial charge in [0.25, 0.3) is 11.8 Å². The Morgan fingerprint density at radius 2 is 1.45 bits per heavy atom. The van der Waals surface area contributed by atoms with Crippen molar-refractivity contribution in [3.05, 3.63) is 83.4 Å². The van der Waals surface area contributed by atoms with Crippen LogP contribution in [0.3, 0.4) is 0 Å². The lowest BCUT2D eigenvalue weighted by molar-refractivity contribution is 0.101. The Morgan fingerprint density at radius 1 is 0.758 bits per heavy atom. The summed E-state index contributed by atoms with van der Waals surface area (Å²) in [4.78, 5) is 27.9. The van der Waals surface area contributed by atoms with Crippen molar-refractivity contribution in [1.82, 2.24) is 0 Å². The molecule has 0 unspecified atom stereocenters. The zero-order valence-electron chi connectivity index (χ0n) is 17.6. The lowest BCUT2D eigenvalue weighted by Crippen LogP contribution is -2.16. The van der Waals surface area contributed by atoms with Crippen LogP contribution in [0.5, 0.6) is 0 Å². The highest BCUT2D eigenvalue weighted by molar-refractivity contribution is 7.81. The van der Waals surface area contributed by atoms with Crippen LogP contribution in [0.25, 0.3) is 10.8 Å². The van der Waals surface area contributed by atoms with E-state index in [9.17, 15) is 9.59 Å². The minimum absolute atomic E-state index is 0.305. The normalized spacial score (nSPS) is 10.8. The van der Waals surface area contributed by atoms with Gasteiger partial charge in [-0.2, -0.15) is 0 Å². The number of benzene rings is 4. The predicted molar refractivity (Wildman–Crippen MR) is 144 cm³/mol. The number of fused-ring (bicyclic) bond motifs is 1. The molecule has 0 aliphatic carbocycles. The minimum atomic E-state index is -0.314. The first-order chi connectivity index (χ1) is 15.7. The Hall–Kier alpha value is -3.07. The molecule has 2 amide bonds. The topological polar surface area (TPSA) is 84.2 Å². The van der Waals surface area contributed by atoms with E-state index in [-0.39, 0.29) is 11.8 Å². The molecule has 5 nitrogen and oxygen atoms in total. The van der Waals surface area contributed by atoms with Gasteiger partial charge in [-0.05, 0) is 72.5 Å². The molecule has 4 aromatic carbocycles. The number of aryl methyl sites for hydroxylation is 1. The summed E-state index contributed by atoms with van der Waals surface area (Å²) in [5.74, 6) is -0.619. The number of carbonyl (C=O) groups is 2. The van der Waals surface area contributed by atoms with Gasteiger partial charge < -0.3 is 16.4 Å². The van der Waals surface area contributed by atoms with E-state index in [4.69, 9.17) is 5.73 Å². The van der Waals surface area contributed by atoms with Crippen LogP contribution >= 0.6 is 37.9 Å². The number of amides is 2. The van der Waals surface area contributed by atoms with Gasteiger partial charge in [0.2, 0.25) is 0 Å². The summed E-state index contributed by atoms with van der Waals surface area (Å²) in [6.07, 6.45) is 0. The van der Waals surface area contributed by atoms with E-state index in [1.807, 2.05) is 25.1 Å². The van der Waals surface area contributed by atoms with Gasteiger partial charge in [-0.1, -0.05) is 12.1 Å². The first-order valence-corrected chi connectivity index (χ1v) is 11.3. The molecule has 4 rings (SSSR count). The summed E-state index contributed by atoms with van der Waals surface area (Å²) in [7, 11) is 0. The molecule has 0 heterocycles. The second-order valence-electron chi connectivity index (χ2n) is 7.58. The van der Waals surface area contributed by atoms with Crippen LogP contribution in [-0.2, 0) is 0 Å². The maximum absolute atomic E-state index is 13.1. The highest BCUT2D eigenvalue weighted by atomic mass is 32.1. The molecule has 0 aliphatic rings. The number of rotatable bonds is 4. The minimum Gasteiger partial charge on any atom is -0.399 e. The van der Waals surface area contributed by atoms with Crippen LogP contribution in [0.15, 0.2) is 81.4 Å². The number of hydrogen-bond donors (Lipinski definition) is 6. The summed E-state index contributed by atoms with van der Waals surface area (Å²) < 4.78 is 0. The van der Waals surface area contributed by atoms with Crippen LogP contribution in [0.1, 0.15) is 26.3 Å². The van der Waals surface area contributed by atoms with Gasteiger partial charge in [0.15, 0.2) is 0 Å². The average Bonchev–Trinajstić information content (AvgIpc) is 2.77. The van der Waals surface area contributed by atoms with Gasteiger partial charge in [0, 0.05) is 42.6 Å². The second-order valence-corrected chi connectivity index (χ2v) is 9.06. The average molecular weight is 492 g/mol. The maximum atomic E-state index is 13.1. The Kier molecular flexibility index (Phi) is 6.60. The molecule has 8 heteroatoms. The number of nitrogens with one attached hydrogen (secondary N) is 2. The Labute approximate surface area is 208 Å². The van der Waals surface area contributed by atoms with E-state index < -0.39 is 0 Å². The summed E-state index contributed by atoms with van der Waals surface area (Å²) in [5, 5.41) is 7.43. The maximum Gasteiger partial charge on any atom is 0.255 e. The first kappa shape index (κ1) is 23.1. The second kappa shape index (κ2) is 9.43. The molecule has 166 valence electrons. The molecule has 33 heavy (non-hydrogen) atoms. The molecule has 0 bridgehead atoms. The molecular weight excluding hydrogens is 470 g/mol. The van der Waals surface area contributed by atoms with Crippen molar-refractivity contribution in [2.24, 2.45) is 0 Å². The number of nitrogens with two attached hydrogens (primary N) is 1. The quantitative estimate of drug-likeness (QED) is 0.154. The Morgan fingerprint density at radius 3 is 2.18 bits per heavy atom. The van der Waals surface area contributed by atoms with E-state index in [0.29, 0.717) is 33.1 Å². The zero-order valence-corrected chi connectivity index (χ0v) is 20.3. The first-order valence-electron chi connectivity index (χ1n) is 9.99. The number of carbonyl (C=O) groups excluding carboxylic acids is 2. The molecule has 0 saturated carbocycles. The highest BCUT2D eigenvalue weighted by Crippen LogP contribution is 2.36. The lowest BCUT2D eigenvalue weighted by atomic mass is 10.1. The monoisotopic (exact) mass is 491 g/mol. The van der Waals surface area contributed by atoms with Crippen LogP contribution < -0.4 is 16.4 Å². The van der Waals surface area contributed by atoms with Crippen molar-refractivity contribution < 1.29 is 9.59 Å². The highest BCUT2D eigenvalue weighted by Gasteiger charge is 2.15. The molecule has 0 saturated heterocycles. The van der Waals surface area contributed by atoms with Crippen molar-refractivity contribution in [3.8, 4) is 0 Å². The molecule has 0 aliphatic heterocycles. The summed E-state index contributed by atoms with van der Waals surface area (Å²) >= 11 is 13.5. The fraction of sp³-hybridized carbons (Fsp3) is 0.0400. The molecule has 0 radical (unpaired) electrons. The fourth-order valence-electron chi connectivity index (χ4n) is 3.50. The van der Waals surface area contributed by atoms with Crippen LogP contribution in [0, 0.1) is 6.92 Å². The SMILES string of the molecule is Cc1ccc(C(=O)Nc2ccc(S)c3cc(S)cc(S)c23)cc1NC(=O)c1cccc(N)c1. The number of thiol groups is 3. The number of hydrogen-bond acceptors (Lipinski definition) is 6. The summed E-state index contributed by atoms with van der Waals surface area (Å²) in [6, 6.07) is 19.2. The van der Waals surface area contributed by atoms with Crippen molar-refractivity contribution in [3.63, 3.8) is 0 Å². The van der Waals surface area contributed by atoms with E-state index in [1.54, 1.807) is 48.5 Å². The standard InChI is InChI=1S/C25H21N3O2S3/c1-13-5-6-15(10-20(13)28-24(29)14-3-2-4-16(26)9-14)25(30)27-19-7-8-21(32)18-11-17(31)12-22(33)23(18)19/h2-12,31-33H,26H2,1H3,(H,27,30)(H,28,29). The molecule has 0 spiro atoms. The van der Waals surface area contributed by atoms with Crippen molar-refractivity contribution in [1.29, 1.82) is 0 Å². The molecule has 4 N–H and O–H groups in total. The van der Waals surface area contributed by atoms with Gasteiger partial charge in [0.05, 0.1) is 5.69 Å². The van der Waals surface area contributed by atoms with Gasteiger partial charge in [-0.3, -0.25) is 9.59 Å². The van der Waals surface area contributed by atoms with Crippen LogP contribution in [-0.4, -0.2) is 11.8 Å². The number of anilines is 3. The predicted octanol–water partition coefficient (Wildman–Crippen LogP) is 6.10. The third kappa shape index (κ3) is 4.98. The Bertz CT molecular complexity index is 1420. The van der Waals surface area contributed by atoms with Gasteiger partial charge in [-0.15, -0.1) is 37.9 Å². The molecule has 4 aromatic rings. The molecular formula is C25H21N3O2S3. The van der Waals surface area contributed by atoms with Crippen molar-refractivity contribution in [2.75, 3.05) is 16.4 Å². The third-order valence-corrected chi connectivity index (χ3v) is 6.20. The molecule has 0 fully saturated rings. The van der Waals surface area contributed by atoms with Gasteiger partial charge in [0.1, 0.15) is 0 Å². The Balaban J connectivity index is 1.63. The van der Waals surface area contributed by atoms with Gasteiger partial charge >= 0.3 is 0 Å². The fourth-order valence-corrected chi connectivity index (χ4v) is 4.49. The number of nitrogen functional groups attached to an aromatic ring is 1. The molecule has 0 atom stereocenters. The van der Waals surface area contributed by atoms with Crippen LogP contribution in [0.4, 0.5) is 17.1 Å². The summed E-state index contributed by atoms with van der Waals surface area (Å²) in [6.45, 7) is 1.86. The van der Waals surface area contributed by atoms with Gasteiger partial charge in [-0.25, -0.2) is 0 Å². The zero-order chi connectivity index (χ0) is 23.7. The lowest BCUT2D eigenvalue weighted by Gasteiger charge is -2.14. The largest absolute Gasteiger partial charge is 0.399 e. The smallest absolute Gasteiger partial charge is 0.255 e. The van der Waals surface area contributed by atoms with E-state index in [2.05, 4.69) is 48.5 Å².